The number of aliphatic hydroxyl groups is 1. The van der Waals surface area contributed by atoms with Crippen molar-refractivity contribution in [1.82, 2.24) is 0 Å². The van der Waals surface area contributed by atoms with Crippen LogP contribution in [0.5, 0.6) is 0 Å². The number of hydrogen-bond acceptors (Lipinski definition) is 3. The van der Waals surface area contributed by atoms with E-state index in [4.69, 9.17) is 4.74 Å². The third-order valence-corrected chi connectivity index (χ3v) is 3.48. The van der Waals surface area contributed by atoms with Gasteiger partial charge in [0.1, 0.15) is 5.41 Å². The summed E-state index contributed by atoms with van der Waals surface area (Å²) in [7, 11) is 0. The van der Waals surface area contributed by atoms with Gasteiger partial charge < -0.3 is 9.84 Å². The molecule has 3 nitrogen and oxygen atoms in total. The molecule has 0 aliphatic carbocycles. The van der Waals surface area contributed by atoms with E-state index < -0.39 is 17.0 Å². The molecule has 1 unspecified atom stereocenters. The lowest BCUT2D eigenvalue weighted by Gasteiger charge is -2.34. The molecule has 19 heavy (non-hydrogen) atoms. The minimum atomic E-state index is -1.20. The summed E-state index contributed by atoms with van der Waals surface area (Å²) < 4.78 is 5.07. The van der Waals surface area contributed by atoms with Crippen molar-refractivity contribution in [3.63, 3.8) is 0 Å². The Morgan fingerprint density at radius 1 is 1.32 bits per heavy atom. The second-order valence-electron chi connectivity index (χ2n) is 5.65. The minimum absolute atomic E-state index is 0.302. The quantitative estimate of drug-likeness (QED) is 0.566. The van der Waals surface area contributed by atoms with E-state index in [-0.39, 0.29) is 0 Å². The monoisotopic (exact) mass is 268 g/mol. The van der Waals surface area contributed by atoms with Gasteiger partial charge in [0.15, 0.2) is 0 Å². The maximum absolute atomic E-state index is 12.1. The smallest absolute Gasteiger partial charge is 0.319 e. The number of hydrogen-bond donors (Lipinski definition) is 1. The highest BCUT2D eigenvalue weighted by Gasteiger charge is 2.45. The van der Waals surface area contributed by atoms with Gasteiger partial charge in [-0.15, -0.1) is 5.73 Å². The van der Waals surface area contributed by atoms with Crippen LogP contribution >= 0.6 is 0 Å². The summed E-state index contributed by atoms with van der Waals surface area (Å²) in [5.41, 5.74) is 1.94. The number of carbonyl (C=O) groups is 1. The first-order valence-electron chi connectivity index (χ1n) is 7.02. The lowest BCUT2D eigenvalue weighted by molar-refractivity contribution is -0.163. The van der Waals surface area contributed by atoms with Crippen LogP contribution in [0.4, 0.5) is 0 Å². The lowest BCUT2D eigenvalue weighted by Crippen LogP contribution is -2.46. The van der Waals surface area contributed by atoms with E-state index in [0.717, 1.165) is 24.8 Å². The first kappa shape index (κ1) is 17.9. The van der Waals surface area contributed by atoms with Gasteiger partial charge in [0.05, 0.1) is 12.2 Å². The molecule has 0 heterocycles. The molecule has 0 saturated carbocycles. The van der Waals surface area contributed by atoms with Crippen molar-refractivity contribution in [2.75, 3.05) is 6.61 Å². The van der Waals surface area contributed by atoms with Gasteiger partial charge in [-0.2, -0.15) is 0 Å². The Kier molecular flexibility index (Phi) is 7.10. The molecule has 0 amide bonds. The predicted molar refractivity (Wildman–Crippen MR) is 77.8 cm³/mol. The first-order chi connectivity index (χ1) is 8.69. The number of rotatable bonds is 7. The van der Waals surface area contributed by atoms with Crippen LogP contribution in [0, 0.1) is 5.41 Å². The van der Waals surface area contributed by atoms with E-state index in [1.165, 1.54) is 0 Å². The zero-order chi connectivity index (χ0) is 15.1. The summed E-state index contributed by atoms with van der Waals surface area (Å²) in [5.74, 6) is -0.418. The summed E-state index contributed by atoms with van der Waals surface area (Å²) in [6, 6.07) is 0. The van der Waals surface area contributed by atoms with Crippen molar-refractivity contribution in [3.05, 3.63) is 17.4 Å². The Morgan fingerprint density at radius 2 is 1.89 bits per heavy atom. The van der Waals surface area contributed by atoms with Crippen molar-refractivity contribution in [2.45, 2.75) is 66.4 Å². The molecule has 0 spiro atoms. The van der Waals surface area contributed by atoms with Gasteiger partial charge in [-0.25, -0.2) is 0 Å². The molecular formula is C16H28O3. The van der Waals surface area contributed by atoms with Crippen molar-refractivity contribution in [3.8, 4) is 0 Å². The molecule has 0 fully saturated rings. The molecule has 0 aliphatic rings. The molecule has 0 saturated heterocycles. The fourth-order valence-corrected chi connectivity index (χ4v) is 1.55. The summed E-state index contributed by atoms with van der Waals surface area (Å²) >= 11 is 0. The highest BCUT2D eigenvalue weighted by Crippen LogP contribution is 2.34. The molecule has 0 aliphatic heterocycles. The Hall–Kier alpha value is -1.05. The second-order valence-corrected chi connectivity index (χ2v) is 5.65. The Morgan fingerprint density at radius 3 is 2.32 bits per heavy atom. The second kappa shape index (κ2) is 7.52. The summed E-state index contributed by atoms with van der Waals surface area (Å²) in [6.07, 6.45) is 4.83. The third-order valence-electron chi connectivity index (χ3n) is 3.48. The topological polar surface area (TPSA) is 46.5 Å². The maximum atomic E-state index is 12.1. The van der Waals surface area contributed by atoms with Crippen LogP contribution in [0.2, 0.25) is 0 Å². The molecule has 0 bridgehead atoms. The van der Waals surface area contributed by atoms with E-state index in [1.54, 1.807) is 33.8 Å². The Bertz CT molecular complexity index is 357. The molecule has 0 aromatic rings. The molecule has 0 radical (unpaired) electrons. The molecule has 3 heteroatoms. The normalized spacial score (nSPS) is 14.3. The van der Waals surface area contributed by atoms with Gasteiger partial charge in [-0.3, -0.25) is 4.79 Å². The molecule has 1 N–H and O–H groups in total. The molecular weight excluding hydrogens is 240 g/mol. The maximum Gasteiger partial charge on any atom is 0.319 e. The number of unbranched alkanes of at least 4 members (excludes halogenated alkanes) is 1. The van der Waals surface area contributed by atoms with Crippen molar-refractivity contribution in [2.24, 2.45) is 5.41 Å². The third kappa shape index (κ3) is 5.22. The van der Waals surface area contributed by atoms with E-state index >= 15 is 0 Å². The van der Waals surface area contributed by atoms with Gasteiger partial charge in [0.25, 0.3) is 0 Å². The van der Waals surface area contributed by atoms with Crippen molar-refractivity contribution < 1.29 is 14.6 Å². The van der Waals surface area contributed by atoms with Crippen LogP contribution in [0.15, 0.2) is 17.4 Å². The van der Waals surface area contributed by atoms with Crippen LogP contribution in [0.1, 0.15) is 60.8 Å². The molecule has 110 valence electrons. The van der Waals surface area contributed by atoms with Crippen LogP contribution in [0.25, 0.3) is 0 Å². The van der Waals surface area contributed by atoms with Crippen molar-refractivity contribution in [1.29, 1.82) is 0 Å². The SMILES string of the molecule is CCCCC(C)=C=CC(C)(C(=O)OCC)C(C)(C)O. The Balaban J connectivity index is 5.29. The van der Waals surface area contributed by atoms with E-state index in [9.17, 15) is 9.90 Å². The van der Waals surface area contributed by atoms with Crippen LogP contribution in [0.3, 0.4) is 0 Å². The van der Waals surface area contributed by atoms with E-state index in [1.807, 2.05) is 6.92 Å². The number of carbonyl (C=O) groups excluding carboxylic acids is 1. The Labute approximate surface area is 117 Å². The first-order valence-corrected chi connectivity index (χ1v) is 7.02. The number of ether oxygens (including phenoxy) is 1. The number of esters is 1. The van der Waals surface area contributed by atoms with E-state index in [2.05, 4.69) is 12.7 Å². The molecule has 0 aromatic heterocycles. The average Bonchev–Trinajstić information content (AvgIpc) is 2.32. The average molecular weight is 268 g/mol. The summed E-state index contributed by atoms with van der Waals surface area (Å²) in [5, 5.41) is 10.2. The van der Waals surface area contributed by atoms with Gasteiger partial charge >= 0.3 is 5.97 Å². The van der Waals surface area contributed by atoms with Gasteiger partial charge in [-0.1, -0.05) is 13.3 Å². The molecule has 0 rings (SSSR count). The van der Waals surface area contributed by atoms with E-state index in [0.29, 0.717) is 6.61 Å². The zero-order valence-electron chi connectivity index (χ0n) is 13.2. The highest BCUT2D eigenvalue weighted by atomic mass is 16.5. The summed E-state index contributed by atoms with van der Waals surface area (Å²) in [6.45, 7) is 11.1. The standard InChI is InChI=1S/C16H28O3/c1-7-9-10-13(3)11-12-16(6,15(4,5)18)14(17)19-8-2/h12,18H,7-10H2,1-6H3. The molecule has 1 atom stereocenters. The molecule has 0 aromatic carbocycles. The van der Waals surface area contributed by atoms with Crippen LogP contribution in [-0.4, -0.2) is 23.3 Å². The largest absolute Gasteiger partial charge is 0.465 e. The fourth-order valence-electron chi connectivity index (χ4n) is 1.55. The van der Waals surface area contributed by atoms with Gasteiger partial charge in [0.2, 0.25) is 0 Å². The fraction of sp³-hybridized carbons (Fsp3) is 0.750. The van der Waals surface area contributed by atoms with Crippen LogP contribution in [-0.2, 0) is 9.53 Å². The predicted octanol–water partition coefficient (Wildman–Crippen LogP) is 3.62. The van der Waals surface area contributed by atoms with Crippen molar-refractivity contribution >= 4 is 5.97 Å². The summed E-state index contributed by atoms with van der Waals surface area (Å²) in [4.78, 5) is 12.1. The van der Waals surface area contributed by atoms with Crippen LogP contribution < -0.4 is 0 Å². The minimum Gasteiger partial charge on any atom is -0.465 e. The van der Waals surface area contributed by atoms with Gasteiger partial charge in [-0.05, 0) is 59.1 Å². The lowest BCUT2D eigenvalue weighted by atomic mass is 9.75. The highest BCUT2D eigenvalue weighted by molar-refractivity contribution is 5.80. The zero-order valence-corrected chi connectivity index (χ0v) is 13.2. The van der Waals surface area contributed by atoms with Gasteiger partial charge in [0, 0.05) is 0 Å².